The molecule has 1 aromatic heterocycles. The number of amides is 1. The van der Waals surface area contributed by atoms with E-state index in [-0.39, 0.29) is 17.0 Å². The molecule has 4 nitrogen and oxygen atoms in total. The standard InChI is InChI=1S/C22H20Cl2N2O2/c1-3-26(17-7-4-6-15(2)12-17)22(28)18-8-5-11-25(21(18)27)14-16-9-10-19(23)20(24)13-16/h4-13H,3,14H2,1-2H3. The number of hydrogen-bond donors (Lipinski definition) is 0. The van der Waals surface area contributed by atoms with Gasteiger partial charge in [0, 0.05) is 18.4 Å². The molecule has 0 aliphatic rings. The zero-order chi connectivity index (χ0) is 20.3. The molecule has 0 fully saturated rings. The van der Waals surface area contributed by atoms with Crippen LogP contribution < -0.4 is 10.5 Å². The second-order valence-electron chi connectivity index (χ2n) is 6.49. The van der Waals surface area contributed by atoms with Gasteiger partial charge in [0.1, 0.15) is 5.56 Å². The van der Waals surface area contributed by atoms with Gasteiger partial charge in [-0.3, -0.25) is 9.59 Å². The first-order valence-electron chi connectivity index (χ1n) is 8.92. The number of aromatic nitrogens is 1. The summed E-state index contributed by atoms with van der Waals surface area (Å²) >= 11 is 12.0. The van der Waals surface area contributed by atoms with Crippen molar-refractivity contribution in [2.24, 2.45) is 0 Å². The Labute approximate surface area is 173 Å². The van der Waals surface area contributed by atoms with E-state index in [0.29, 0.717) is 23.1 Å². The summed E-state index contributed by atoms with van der Waals surface area (Å²) in [7, 11) is 0. The average Bonchev–Trinajstić information content (AvgIpc) is 2.67. The number of anilines is 1. The van der Waals surface area contributed by atoms with Crippen molar-refractivity contribution in [1.29, 1.82) is 0 Å². The molecule has 28 heavy (non-hydrogen) atoms. The topological polar surface area (TPSA) is 42.3 Å². The van der Waals surface area contributed by atoms with Crippen molar-refractivity contribution < 1.29 is 4.79 Å². The van der Waals surface area contributed by atoms with Crippen LogP contribution in [0.5, 0.6) is 0 Å². The largest absolute Gasteiger partial charge is 0.310 e. The van der Waals surface area contributed by atoms with Crippen LogP contribution in [0.1, 0.15) is 28.4 Å². The normalized spacial score (nSPS) is 10.7. The van der Waals surface area contributed by atoms with Gasteiger partial charge in [-0.15, -0.1) is 0 Å². The highest BCUT2D eigenvalue weighted by atomic mass is 35.5. The number of nitrogens with zero attached hydrogens (tertiary/aromatic N) is 2. The van der Waals surface area contributed by atoms with Gasteiger partial charge in [-0.2, -0.15) is 0 Å². The van der Waals surface area contributed by atoms with Crippen molar-refractivity contribution in [3.63, 3.8) is 0 Å². The van der Waals surface area contributed by atoms with E-state index in [2.05, 4.69) is 0 Å². The van der Waals surface area contributed by atoms with Crippen LogP contribution in [0.4, 0.5) is 5.69 Å². The first kappa shape index (κ1) is 20.2. The van der Waals surface area contributed by atoms with Gasteiger partial charge in [0.05, 0.1) is 16.6 Å². The number of benzene rings is 2. The molecule has 0 atom stereocenters. The van der Waals surface area contributed by atoms with E-state index in [9.17, 15) is 9.59 Å². The molecule has 0 unspecified atom stereocenters. The molecule has 0 saturated heterocycles. The number of carbonyl (C=O) groups excluding carboxylic acids is 1. The maximum Gasteiger partial charge on any atom is 0.263 e. The molecule has 0 aliphatic heterocycles. The summed E-state index contributed by atoms with van der Waals surface area (Å²) in [6.07, 6.45) is 1.66. The summed E-state index contributed by atoms with van der Waals surface area (Å²) in [6, 6.07) is 16.1. The number of aryl methyl sites for hydroxylation is 1. The minimum Gasteiger partial charge on any atom is -0.310 e. The van der Waals surface area contributed by atoms with Crippen molar-refractivity contribution in [1.82, 2.24) is 4.57 Å². The Kier molecular flexibility index (Phi) is 6.22. The van der Waals surface area contributed by atoms with E-state index in [1.54, 1.807) is 41.4 Å². The maximum absolute atomic E-state index is 13.1. The molecule has 144 valence electrons. The average molecular weight is 415 g/mol. The van der Waals surface area contributed by atoms with Crippen LogP contribution in [0.3, 0.4) is 0 Å². The molecular formula is C22H20Cl2N2O2. The van der Waals surface area contributed by atoms with E-state index < -0.39 is 0 Å². The molecule has 0 bridgehead atoms. The zero-order valence-corrected chi connectivity index (χ0v) is 17.2. The number of halogens is 2. The Balaban J connectivity index is 1.94. The number of rotatable bonds is 5. The Morgan fingerprint density at radius 3 is 2.50 bits per heavy atom. The van der Waals surface area contributed by atoms with Crippen molar-refractivity contribution >= 4 is 34.8 Å². The second-order valence-corrected chi connectivity index (χ2v) is 7.31. The summed E-state index contributed by atoms with van der Waals surface area (Å²) in [6.45, 7) is 4.61. The van der Waals surface area contributed by atoms with Crippen molar-refractivity contribution in [3.05, 3.63) is 97.9 Å². The van der Waals surface area contributed by atoms with Crippen LogP contribution in [0.25, 0.3) is 0 Å². The predicted molar refractivity (Wildman–Crippen MR) is 115 cm³/mol. The Morgan fingerprint density at radius 1 is 1.04 bits per heavy atom. The molecule has 0 radical (unpaired) electrons. The molecule has 0 spiro atoms. The maximum atomic E-state index is 13.1. The molecular weight excluding hydrogens is 395 g/mol. The molecule has 0 aliphatic carbocycles. The van der Waals surface area contributed by atoms with E-state index in [4.69, 9.17) is 23.2 Å². The first-order valence-corrected chi connectivity index (χ1v) is 9.68. The molecule has 0 saturated carbocycles. The summed E-state index contributed by atoms with van der Waals surface area (Å²) in [5.74, 6) is -0.318. The van der Waals surface area contributed by atoms with E-state index in [0.717, 1.165) is 16.8 Å². The molecule has 1 heterocycles. The molecule has 3 rings (SSSR count). The van der Waals surface area contributed by atoms with E-state index in [1.807, 2.05) is 38.1 Å². The highest BCUT2D eigenvalue weighted by molar-refractivity contribution is 6.42. The lowest BCUT2D eigenvalue weighted by atomic mass is 10.1. The first-order chi connectivity index (χ1) is 13.4. The van der Waals surface area contributed by atoms with Gasteiger partial charge in [0.2, 0.25) is 0 Å². The Hall–Kier alpha value is -2.56. The smallest absolute Gasteiger partial charge is 0.263 e. The molecule has 2 aromatic carbocycles. The quantitative estimate of drug-likeness (QED) is 0.577. The lowest BCUT2D eigenvalue weighted by Crippen LogP contribution is -2.36. The fraction of sp³-hybridized carbons (Fsp3) is 0.182. The lowest BCUT2D eigenvalue weighted by molar-refractivity contribution is 0.0986. The highest BCUT2D eigenvalue weighted by Gasteiger charge is 2.20. The third-order valence-corrected chi connectivity index (χ3v) is 5.20. The minimum atomic E-state index is -0.343. The molecule has 6 heteroatoms. The van der Waals surface area contributed by atoms with Gasteiger partial charge in [0.15, 0.2) is 0 Å². The number of carbonyl (C=O) groups is 1. The lowest BCUT2D eigenvalue weighted by Gasteiger charge is -2.21. The molecule has 3 aromatic rings. The SMILES string of the molecule is CCN(C(=O)c1cccn(Cc2ccc(Cl)c(Cl)c2)c1=O)c1cccc(C)c1. The number of hydrogen-bond acceptors (Lipinski definition) is 2. The second kappa shape index (κ2) is 8.63. The van der Waals surface area contributed by atoms with Crippen LogP contribution >= 0.6 is 23.2 Å². The van der Waals surface area contributed by atoms with Gasteiger partial charge in [0.25, 0.3) is 11.5 Å². The van der Waals surface area contributed by atoms with Crippen LogP contribution in [-0.2, 0) is 6.54 Å². The molecule has 1 amide bonds. The van der Waals surface area contributed by atoms with Gasteiger partial charge >= 0.3 is 0 Å². The summed E-state index contributed by atoms with van der Waals surface area (Å²) in [4.78, 5) is 27.6. The van der Waals surface area contributed by atoms with Gasteiger partial charge < -0.3 is 9.47 Å². The van der Waals surface area contributed by atoms with Gasteiger partial charge in [-0.1, -0.05) is 41.4 Å². The van der Waals surface area contributed by atoms with Gasteiger partial charge in [-0.05, 0) is 61.4 Å². The third kappa shape index (κ3) is 4.29. The van der Waals surface area contributed by atoms with Crippen LogP contribution in [-0.4, -0.2) is 17.0 Å². The monoisotopic (exact) mass is 414 g/mol. The Bertz CT molecular complexity index is 1080. The zero-order valence-electron chi connectivity index (χ0n) is 15.7. The van der Waals surface area contributed by atoms with Crippen LogP contribution in [0, 0.1) is 6.92 Å². The fourth-order valence-electron chi connectivity index (χ4n) is 3.04. The molecule has 0 N–H and O–H groups in total. The fourth-order valence-corrected chi connectivity index (χ4v) is 3.36. The van der Waals surface area contributed by atoms with Crippen molar-refractivity contribution in [2.45, 2.75) is 20.4 Å². The van der Waals surface area contributed by atoms with E-state index >= 15 is 0 Å². The Morgan fingerprint density at radius 2 is 1.82 bits per heavy atom. The third-order valence-electron chi connectivity index (χ3n) is 4.46. The summed E-state index contributed by atoms with van der Waals surface area (Å²) in [5, 5.41) is 0.884. The summed E-state index contributed by atoms with van der Waals surface area (Å²) < 4.78 is 1.50. The van der Waals surface area contributed by atoms with Crippen LogP contribution in [0.2, 0.25) is 10.0 Å². The van der Waals surface area contributed by atoms with Crippen molar-refractivity contribution in [3.8, 4) is 0 Å². The highest BCUT2D eigenvalue weighted by Crippen LogP contribution is 2.23. The predicted octanol–water partition coefficient (Wildman–Crippen LogP) is 5.18. The van der Waals surface area contributed by atoms with Gasteiger partial charge in [-0.25, -0.2) is 0 Å². The summed E-state index contributed by atoms with van der Waals surface area (Å²) in [5.41, 5.74) is 2.43. The minimum absolute atomic E-state index is 0.130. The van der Waals surface area contributed by atoms with Crippen LogP contribution in [0.15, 0.2) is 65.6 Å². The number of pyridine rings is 1. The van der Waals surface area contributed by atoms with Crippen molar-refractivity contribution in [2.75, 3.05) is 11.4 Å². The van der Waals surface area contributed by atoms with E-state index in [1.165, 1.54) is 4.57 Å².